The predicted molar refractivity (Wildman–Crippen MR) is 90.8 cm³/mol. The number of hydrogen-bond donors (Lipinski definition) is 1. The van der Waals surface area contributed by atoms with E-state index in [2.05, 4.69) is 10.3 Å². The normalized spacial score (nSPS) is 22.5. The van der Waals surface area contributed by atoms with Gasteiger partial charge in [0.2, 0.25) is 11.8 Å². The van der Waals surface area contributed by atoms with Crippen LogP contribution in [0.25, 0.3) is 0 Å². The van der Waals surface area contributed by atoms with Crippen LogP contribution < -0.4 is 19.7 Å². The van der Waals surface area contributed by atoms with Crippen LogP contribution in [0.2, 0.25) is 0 Å². The lowest BCUT2D eigenvalue weighted by molar-refractivity contribution is -0.125. The summed E-state index contributed by atoms with van der Waals surface area (Å²) in [5.41, 5.74) is 0.729. The minimum atomic E-state index is -0.366. The van der Waals surface area contributed by atoms with Gasteiger partial charge in [-0.2, -0.15) is 0 Å². The Bertz CT molecular complexity index is 721. The minimum absolute atomic E-state index is 0.0622. The van der Waals surface area contributed by atoms with Gasteiger partial charge < -0.3 is 19.7 Å². The Labute approximate surface area is 143 Å². The molecule has 3 heterocycles. The molecule has 0 aliphatic carbocycles. The number of carbonyl (C=O) groups is 2. The molecule has 4 rings (SSSR count). The molecule has 0 aromatic heterocycles. The number of anilines is 1. The van der Waals surface area contributed by atoms with Gasteiger partial charge in [0.1, 0.15) is 13.2 Å². The second-order valence-electron chi connectivity index (χ2n) is 5.76. The van der Waals surface area contributed by atoms with E-state index in [1.807, 2.05) is 6.07 Å². The quantitative estimate of drug-likeness (QED) is 0.864. The summed E-state index contributed by atoms with van der Waals surface area (Å²) in [6, 6.07) is 5.42. The molecule has 126 valence electrons. The number of fused-ring (bicyclic) bond motifs is 1. The van der Waals surface area contributed by atoms with Crippen molar-refractivity contribution in [2.45, 2.75) is 6.42 Å². The third-order valence-corrected chi connectivity index (χ3v) is 5.04. The summed E-state index contributed by atoms with van der Waals surface area (Å²) in [6.07, 6.45) is 0.207. The van der Waals surface area contributed by atoms with Crippen LogP contribution in [0.5, 0.6) is 11.5 Å². The van der Waals surface area contributed by atoms with E-state index in [0.29, 0.717) is 36.4 Å². The molecule has 0 bridgehead atoms. The summed E-state index contributed by atoms with van der Waals surface area (Å²) in [6.45, 7) is 2.11. The molecule has 1 aromatic carbocycles. The first-order chi connectivity index (χ1) is 11.7. The largest absolute Gasteiger partial charge is 0.486 e. The standard InChI is InChI=1S/C16H17N3O4S/c20-14-7-10(15(21)18-16-17-3-6-24-16)9-19(14)11-1-2-12-13(8-11)23-5-4-22-12/h1-2,8,10H,3-7,9H2,(H,17,18,21). The van der Waals surface area contributed by atoms with Crippen LogP contribution in [0.4, 0.5) is 5.69 Å². The van der Waals surface area contributed by atoms with E-state index in [1.54, 1.807) is 17.0 Å². The molecule has 1 aromatic rings. The van der Waals surface area contributed by atoms with Crippen molar-refractivity contribution in [1.29, 1.82) is 0 Å². The smallest absolute Gasteiger partial charge is 0.231 e. The Kier molecular flexibility index (Phi) is 4.05. The fourth-order valence-corrected chi connectivity index (χ4v) is 3.68. The zero-order valence-electron chi connectivity index (χ0n) is 13.0. The second-order valence-corrected chi connectivity index (χ2v) is 6.84. The lowest BCUT2D eigenvalue weighted by Crippen LogP contribution is -2.35. The summed E-state index contributed by atoms with van der Waals surface area (Å²) in [4.78, 5) is 30.5. The summed E-state index contributed by atoms with van der Waals surface area (Å²) < 4.78 is 11.1. The lowest BCUT2D eigenvalue weighted by atomic mass is 10.1. The van der Waals surface area contributed by atoms with E-state index in [0.717, 1.165) is 18.0 Å². The maximum absolute atomic E-state index is 12.3. The number of hydrogen-bond acceptors (Lipinski definition) is 6. The Morgan fingerprint density at radius 3 is 2.92 bits per heavy atom. The van der Waals surface area contributed by atoms with Crippen molar-refractivity contribution in [1.82, 2.24) is 5.32 Å². The molecule has 1 saturated heterocycles. The molecule has 1 unspecified atom stereocenters. The first kappa shape index (κ1) is 15.3. The van der Waals surface area contributed by atoms with Crippen molar-refractivity contribution in [3.05, 3.63) is 18.2 Å². The fraction of sp³-hybridized carbons (Fsp3) is 0.438. The molecule has 2 amide bonds. The number of aliphatic imine (C=N–C) groups is 1. The highest BCUT2D eigenvalue weighted by Crippen LogP contribution is 2.36. The number of rotatable bonds is 2. The maximum Gasteiger partial charge on any atom is 0.231 e. The number of benzene rings is 1. The molecule has 1 atom stereocenters. The number of ether oxygens (including phenoxy) is 2. The van der Waals surface area contributed by atoms with Gasteiger partial charge in [-0.1, -0.05) is 11.8 Å². The fourth-order valence-electron chi connectivity index (χ4n) is 2.95. The molecule has 3 aliphatic heterocycles. The van der Waals surface area contributed by atoms with Crippen LogP contribution in [-0.4, -0.2) is 49.0 Å². The van der Waals surface area contributed by atoms with Crippen LogP contribution in [0.15, 0.2) is 23.2 Å². The van der Waals surface area contributed by atoms with Crippen LogP contribution >= 0.6 is 11.8 Å². The summed E-state index contributed by atoms with van der Waals surface area (Å²) in [5, 5.41) is 3.47. The number of amidine groups is 1. The van der Waals surface area contributed by atoms with E-state index >= 15 is 0 Å². The van der Waals surface area contributed by atoms with Crippen molar-refractivity contribution in [3.8, 4) is 11.5 Å². The Morgan fingerprint density at radius 1 is 1.29 bits per heavy atom. The average molecular weight is 347 g/mol. The van der Waals surface area contributed by atoms with E-state index in [9.17, 15) is 9.59 Å². The molecule has 0 spiro atoms. The molecule has 1 fully saturated rings. The first-order valence-corrected chi connectivity index (χ1v) is 8.87. The minimum Gasteiger partial charge on any atom is -0.486 e. The van der Waals surface area contributed by atoms with E-state index in [4.69, 9.17) is 9.47 Å². The zero-order chi connectivity index (χ0) is 16.5. The third-order valence-electron chi connectivity index (χ3n) is 4.15. The monoisotopic (exact) mass is 347 g/mol. The van der Waals surface area contributed by atoms with Crippen molar-refractivity contribution >= 4 is 34.4 Å². The van der Waals surface area contributed by atoms with Gasteiger partial charge in [-0.25, -0.2) is 0 Å². The highest BCUT2D eigenvalue weighted by molar-refractivity contribution is 8.14. The summed E-state index contributed by atoms with van der Waals surface area (Å²) in [7, 11) is 0. The average Bonchev–Trinajstić information content (AvgIpc) is 3.24. The number of nitrogens with zero attached hydrogens (tertiary/aromatic N) is 2. The predicted octanol–water partition coefficient (Wildman–Crippen LogP) is 1.03. The lowest BCUT2D eigenvalue weighted by Gasteiger charge is -2.22. The molecule has 8 heteroatoms. The topological polar surface area (TPSA) is 80.2 Å². The Hall–Kier alpha value is -2.22. The number of carbonyl (C=O) groups excluding carboxylic acids is 2. The molecular formula is C16H17N3O4S. The molecule has 3 aliphatic rings. The number of thioether (sulfide) groups is 1. The van der Waals surface area contributed by atoms with Crippen LogP contribution in [0.3, 0.4) is 0 Å². The van der Waals surface area contributed by atoms with Gasteiger partial charge in [-0.3, -0.25) is 14.6 Å². The summed E-state index contributed by atoms with van der Waals surface area (Å²) in [5.74, 6) is 1.64. The first-order valence-electron chi connectivity index (χ1n) is 7.89. The van der Waals surface area contributed by atoms with Gasteiger partial charge >= 0.3 is 0 Å². The molecular weight excluding hydrogens is 330 g/mol. The van der Waals surface area contributed by atoms with Gasteiger partial charge in [0.25, 0.3) is 0 Å². The van der Waals surface area contributed by atoms with E-state index in [1.165, 1.54) is 11.8 Å². The Balaban J connectivity index is 1.46. The second kappa shape index (κ2) is 6.35. The molecule has 24 heavy (non-hydrogen) atoms. The number of nitrogens with one attached hydrogen (secondary N) is 1. The van der Waals surface area contributed by atoms with Gasteiger partial charge in [0, 0.05) is 30.5 Å². The van der Waals surface area contributed by atoms with E-state index in [-0.39, 0.29) is 24.2 Å². The van der Waals surface area contributed by atoms with Gasteiger partial charge in [0.15, 0.2) is 16.7 Å². The van der Waals surface area contributed by atoms with Gasteiger partial charge in [-0.15, -0.1) is 0 Å². The van der Waals surface area contributed by atoms with Crippen LogP contribution in [0.1, 0.15) is 6.42 Å². The Morgan fingerprint density at radius 2 is 2.12 bits per heavy atom. The van der Waals surface area contributed by atoms with Gasteiger partial charge in [-0.05, 0) is 12.1 Å². The number of amides is 2. The van der Waals surface area contributed by atoms with Crippen molar-refractivity contribution in [2.24, 2.45) is 10.9 Å². The molecule has 7 nitrogen and oxygen atoms in total. The highest BCUT2D eigenvalue weighted by atomic mass is 32.2. The summed E-state index contributed by atoms with van der Waals surface area (Å²) >= 11 is 1.53. The molecule has 0 saturated carbocycles. The SMILES string of the molecule is O=C(NC1=NCCS1)C1CC(=O)N(c2ccc3c(c2)OCCO3)C1. The molecule has 1 N–H and O–H groups in total. The molecule has 0 radical (unpaired) electrons. The van der Waals surface area contributed by atoms with Crippen molar-refractivity contribution < 1.29 is 19.1 Å². The third kappa shape index (κ3) is 2.93. The van der Waals surface area contributed by atoms with Crippen LogP contribution in [0, 0.1) is 5.92 Å². The van der Waals surface area contributed by atoms with Gasteiger partial charge in [0.05, 0.1) is 12.5 Å². The highest BCUT2D eigenvalue weighted by Gasteiger charge is 2.36. The van der Waals surface area contributed by atoms with E-state index < -0.39 is 0 Å². The zero-order valence-corrected chi connectivity index (χ0v) is 13.8. The maximum atomic E-state index is 12.3. The van der Waals surface area contributed by atoms with Crippen molar-refractivity contribution in [2.75, 3.05) is 37.0 Å². The van der Waals surface area contributed by atoms with Crippen LogP contribution in [-0.2, 0) is 9.59 Å². The van der Waals surface area contributed by atoms with Crippen molar-refractivity contribution in [3.63, 3.8) is 0 Å².